The highest BCUT2D eigenvalue weighted by atomic mass is 16.3. The molecule has 1 spiro atoms. The quantitative estimate of drug-likeness (QED) is 0.860. The van der Waals surface area contributed by atoms with Crippen LogP contribution < -0.4 is 5.73 Å². The average Bonchev–Trinajstić information content (AvgIpc) is 3.17. The molecular weight excluding hydrogens is 368 g/mol. The van der Waals surface area contributed by atoms with E-state index in [0.29, 0.717) is 24.5 Å². The van der Waals surface area contributed by atoms with Gasteiger partial charge in [-0.25, -0.2) is 4.98 Å². The minimum absolute atomic E-state index is 0.120. The van der Waals surface area contributed by atoms with Crippen molar-refractivity contribution in [1.82, 2.24) is 14.8 Å². The lowest BCUT2D eigenvalue weighted by atomic mass is 9.66. The molecule has 2 aromatic rings. The van der Waals surface area contributed by atoms with Crippen LogP contribution in [-0.2, 0) is 4.79 Å². The summed E-state index contributed by atoms with van der Waals surface area (Å²) in [5.74, 6) is 0.126. The third kappa shape index (κ3) is 3.55. The first-order chi connectivity index (χ1) is 13.9. The lowest BCUT2D eigenvalue weighted by Gasteiger charge is -2.51. The number of carbonyl (C=O) groups excluding carboxylic acids is 2. The molecule has 29 heavy (non-hydrogen) atoms. The number of likely N-dealkylation sites (N-methyl/N-ethyl adjacent to an activating group) is 1. The number of nitrogens with two attached hydrogens (primary N) is 1. The van der Waals surface area contributed by atoms with Gasteiger partial charge in [-0.1, -0.05) is 23.8 Å². The summed E-state index contributed by atoms with van der Waals surface area (Å²) >= 11 is 0. The number of amides is 2. The number of primary amides is 1. The maximum absolute atomic E-state index is 13.2. The number of carbonyl (C=O) groups is 2. The Labute approximate surface area is 170 Å². The molecule has 0 saturated carbocycles. The van der Waals surface area contributed by atoms with Crippen molar-refractivity contribution in [2.24, 2.45) is 11.1 Å². The van der Waals surface area contributed by atoms with Gasteiger partial charge < -0.3 is 15.1 Å². The van der Waals surface area contributed by atoms with E-state index in [2.05, 4.69) is 9.88 Å². The van der Waals surface area contributed by atoms with E-state index < -0.39 is 0 Å². The summed E-state index contributed by atoms with van der Waals surface area (Å²) in [7, 11) is 1.97. The van der Waals surface area contributed by atoms with Crippen LogP contribution in [0.4, 0.5) is 0 Å². The van der Waals surface area contributed by atoms with Gasteiger partial charge in [0.05, 0.1) is 6.04 Å². The van der Waals surface area contributed by atoms with Crippen molar-refractivity contribution in [3.8, 4) is 11.3 Å². The Balaban J connectivity index is 1.52. The van der Waals surface area contributed by atoms with Gasteiger partial charge >= 0.3 is 0 Å². The predicted molar refractivity (Wildman–Crippen MR) is 109 cm³/mol. The molecule has 7 heteroatoms. The predicted octanol–water partition coefficient (Wildman–Crippen LogP) is 2.45. The number of hydrogen-bond donors (Lipinski definition) is 1. The molecule has 2 N–H and O–H groups in total. The molecule has 0 radical (unpaired) electrons. The molecule has 2 fully saturated rings. The third-order valence-electron chi connectivity index (χ3n) is 6.57. The van der Waals surface area contributed by atoms with Crippen LogP contribution in [0.1, 0.15) is 41.7 Å². The lowest BCUT2D eigenvalue weighted by Crippen LogP contribution is -2.60. The summed E-state index contributed by atoms with van der Waals surface area (Å²) in [5.41, 5.74) is 7.90. The Morgan fingerprint density at radius 3 is 2.66 bits per heavy atom. The van der Waals surface area contributed by atoms with Gasteiger partial charge in [0.25, 0.3) is 5.91 Å². The van der Waals surface area contributed by atoms with Crippen molar-refractivity contribution < 1.29 is 14.0 Å². The summed E-state index contributed by atoms with van der Waals surface area (Å²) in [6.07, 6.45) is 4.90. The van der Waals surface area contributed by atoms with E-state index in [1.54, 1.807) is 0 Å². The van der Waals surface area contributed by atoms with Crippen molar-refractivity contribution in [2.45, 2.75) is 38.6 Å². The molecule has 1 unspecified atom stereocenters. The highest BCUT2D eigenvalue weighted by Gasteiger charge is 2.48. The number of piperidine rings is 2. The first-order valence-corrected chi connectivity index (χ1v) is 10.2. The van der Waals surface area contributed by atoms with Crippen molar-refractivity contribution in [2.75, 3.05) is 26.7 Å². The Morgan fingerprint density at radius 2 is 1.97 bits per heavy atom. The summed E-state index contributed by atoms with van der Waals surface area (Å²) in [6, 6.07) is 7.59. The maximum atomic E-state index is 13.2. The summed E-state index contributed by atoms with van der Waals surface area (Å²) in [4.78, 5) is 33.5. The van der Waals surface area contributed by atoms with E-state index in [-0.39, 0.29) is 23.3 Å². The second-order valence-corrected chi connectivity index (χ2v) is 8.44. The average molecular weight is 396 g/mol. The summed E-state index contributed by atoms with van der Waals surface area (Å²) in [5, 5.41) is 0. The molecule has 0 aliphatic carbocycles. The number of nitrogens with zero attached hydrogens (tertiary/aromatic N) is 3. The van der Waals surface area contributed by atoms with Gasteiger partial charge in [0.1, 0.15) is 0 Å². The molecule has 3 heterocycles. The number of oxazole rings is 1. The standard InChI is InChI=1S/C22H28N4O3/c1-15-5-3-6-16(13-15)18-17(24-14-29-18)21(28)26-11-8-22(9-12-26)7-4-10-25(2)19(22)20(23)27/h3,5-6,13-14,19H,4,7-12H2,1-2H3,(H2,23,27). The Bertz CT molecular complexity index is 914. The smallest absolute Gasteiger partial charge is 0.276 e. The molecule has 0 bridgehead atoms. The van der Waals surface area contributed by atoms with E-state index in [1.165, 1.54) is 6.39 Å². The number of hydrogen-bond acceptors (Lipinski definition) is 5. The van der Waals surface area contributed by atoms with Crippen molar-refractivity contribution in [1.29, 1.82) is 0 Å². The molecule has 2 saturated heterocycles. The maximum Gasteiger partial charge on any atom is 0.276 e. The van der Waals surface area contributed by atoms with Crippen LogP contribution in [0.25, 0.3) is 11.3 Å². The van der Waals surface area contributed by atoms with Crippen LogP contribution >= 0.6 is 0 Å². The number of aromatic nitrogens is 1. The number of aryl methyl sites for hydroxylation is 1. The van der Waals surface area contributed by atoms with Gasteiger partial charge in [-0.05, 0) is 57.7 Å². The van der Waals surface area contributed by atoms with Crippen LogP contribution in [0, 0.1) is 12.3 Å². The fourth-order valence-electron chi connectivity index (χ4n) is 5.15. The van der Waals surface area contributed by atoms with Crippen LogP contribution in [0.3, 0.4) is 0 Å². The van der Waals surface area contributed by atoms with Crippen molar-refractivity contribution >= 4 is 11.8 Å². The minimum Gasteiger partial charge on any atom is -0.443 e. The van der Waals surface area contributed by atoms with E-state index in [4.69, 9.17) is 10.2 Å². The van der Waals surface area contributed by atoms with Crippen molar-refractivity contribution in [3.05, 3.63) is 41.9 Å². The first-order valence-electron chi connectivity index (χ1n) is 10.2. The number of likely N-dealkylation sites (tertiary alicyclic amines) is 2. The Hall–Kier alpha value is -2.67. The van der Waals surface area contributed by atoms with Gasteiger partial charge in [-0.2, -0.15) is 0 Å². The molecule has 4 rings (SSSR count). The molecule has 1 aromatic heterocycles. The highest BCUT2D eigenvalue weighted by Crippen LogP contribution is 2.44. The van der Waals surface area contributed by atoms with E-state index in [0.717, 1.165) is 43.4 Å². The minimum atomic E-state index is -0.261. The van der Waals surface area contributed by atoms with Gasteiger partial charge in [0.2, 0.25) is 5.91 Å². The highest BCUT2D eigenvalue weighted by molar-refractivity contribution is 5.97. The normalized spacial score (nSPS) is 22.0. The van der Waals surface area contributed by atoms with Crippen LogP contribution in [0.5, 0.6) is 0 Å². The zero-order chi connectivity index (χ0) is 20.6. The Kier molecular flexibility index (Phi) is 5.17. The van der Waals surface area contributed by atoms with E-state index in [9.17, 15) is 9.59 Å². The van der Waals surface area contributed by atoms with Crippen molar-refractivity contribution in [3.63, 3.8) is 0 Å². The second kappa shape index (κ2) is 7.63. The summed E-state index contributed by atoms with van der Waals surface area (Å²) in [6.45, 7) is 4.08. The fraction of sp³-hybridized carbons (Fsp3) is 0.500. The molecule has 2 aliphatic heterocycles. The second-order valence-electron chi connectivity index (χ2n) is 8.44. The summed E-state index contributed by atoms with van der Waals surface area (Å²) < 4.78 is 5.56. The molecular formula is C22H28N4O3. The van der Waals surface area contributed by atoms with Gasteiger partial charge in [-0.3, -0.25) is 14.5 Å². The molecule has 1 aromatic carbocycles. The van der Waals surface area contributed by atoms with E-state index >= 15 is 0 Å². The SMILES string of the molecule is Cc1cccc(-c2ocnc2C(=O)N2CCC3(CCCN(C)C3C(N)=O)CC2)c1. The van der Waals surface area contributed by atoms with Crippen LogP contribution in [-0.4, -0.2) is 59.3 Å². The topological polar surface area (TPSA) is 92.7 Å². The molecule has 2 aliphatic rings. The Morgan fingerprint density at radius 1 is 1.21 bits per heavy atom. The lowest BCUT2D eigenvalue weighted by molar-refractivity contribution is -0.132. The van der Waals surface area contributed by atoms with Crippen LogP contribution in [0.15, 0.2) is 35.1 Å². The molecule has 2 amide bonds. The molecule has 1 atom stereocenters. The molecule has 7 nitrogen and oxygen atoms in total. The van der Waals surface area contributed by atoms with E-state index in [1.807, 2.05) is 43.1 Å². The molecule has 154 valence electrons. The third-order valence-corrected chi connectivity index (χ3v) is 6.57. The monoisotopic (exact) mass is 396 g/mol. The zero-order valence-electron chi connectivity index (χ0n) is 17.1. The zero-order valence-corrected chi connectivity index (χ0v) is 17.1. The number of benzene rings is 1. The van der Waals surface area contributed by atoms with Gasteiger partial charge in [0.15, 0.2) is 17.8 Å². The van der Waals surface area contributed by atoms with Gasteiger partial charge in [-0.15, -0.1) is 0 Å². The number of rotatable bonds is 3. The van der Waals surface area contributed by atoms with Crippen LogP contribution in [0.2, 0.25) is 0 Å². The fourth-order valence-corrected chi connectivity index (χ4v) is 5.15. The van der Waals surface area contributed by atoms with Gasteiger partial charge in [0, 0.05) is 18.7 Å². The first kappa shape index (κ1) is 19.6. The largest absolute Gasteiger partial charge is 0.443 e.